The Kier molecular flexibility index (Phi) is 4.27. The van der Waals surface area contributed by atoms with Gasteiger partial charge in [0.05, 0.1) is 32.5 Å². The summed E-state index contributed by atoms with van der Waals surface area (Å²) in [5.74, 6) is -0.162. The molecular weight excluding hydrogens is 360 g/mol. The first-order valence-electron chi connectivity index (χ1n) is 8.52. The van der Waals surface area contributed by atoms with Crippen molar-refractivity contribution in [3.63, 3.8) is 0 Å². The van der Waals surface area contributed by atoms with Crippen molar-refractivity contribution in [3.05, 3.63) is 48.2 Å². The maximum Gasteiger partial charge on any atom is 0.356 e. The van der Waals surface area contributed by atoms with E-state index < -0.39 is 5.97 Å². The number of methoxy groups -OCH3 is 3. The molecule has 0 radical (unpaired) electrons. The molecule has 4 rings (SSSR count). The molecule has 0 saturated carbocycles. The van der Waals surface area contributed by atoms with Crippen LogP contribution in [0.4, 0.5) is 0 Å². The fourth-order valence-electron chi connectivity index (χ4n) is 3.29. The SMILES string of the molecule is COC(=O)c1cc2c([nH]c3ccccc32)c(-c2cc(OC)c(O)c(OC)c2)n1. The summed E-state index contributed by atoms with van der Waals surface area (Å²) in [6, 6.07) is 12.8. The number of aromatic hydroxyl groups is 1. The number of phenolic OH excluding ortho intramolecular Hbond substituents is 1. The molecule has 2 aromatic carbocycles. The Morgan fingerprint density at radius 3 is 2.32 bits per heavy atom. The molecule has 0 aliphatic carbocycles. The third-order valence-corrected chi connectivity index (χ3v) is 4.64. The average molecular weight is 378 g/mol. The van der Waals surface area contributed by atoms with Crippen LogP contribution in [-0.2, 0) is 4.74 Å². The Bertz CT molecular complexity index is 1190. The van der Waals surface area contributed by atoms with E-state index in [4.69, 9.17) is 14.2 Å². The number of hydrogen-bond acceptors (Lipinski definition) is 6. The molecule has 0 aliphatic rings. The van der Waals surface area contributed by atoms with Gasteiger partial charge in [0.15, 0.2) is 11.5 Å². The van der Waals surface area contributed by atoms with Gasteiger partial charge in [0.2, 0.25) is 5.75 Å². The van der Waals surface area contributed by atoms with Gasteiger partial charge in [-0.2, -0.15) is 0 Å². The molecule has 142 valence electrons. The van der Waals surface area contributed by atoms with Crippen LogP contribution in [-0.4, -0.2) is 42.4 Å². The molecule has 0 spiro atoms. The zero-order valence-electron chi connectivity index (χ0n) is 15.6. The van der Waals surface area contributed by atoms with Gasteiger partial charge in [0.1, 0.15) is 5.69 Å². The van der Waals surface area contributed by atoms with Crippen molar-refractivity contribution in [2.75, 3.05) is 21.3 Å². The van der Waals surface area contributed by atoms with Crippen LogP contribution >= 0.6 is 0 Å². The van der Waals surface area contributed by atoms with Crippen LogP contribution in [0, 0.1) is 0 Å². The number of H-pyrrole nitrogens is 1. The highest BCUT2D eigenvalue weighted by molar-refractivity contribution is 6.12. The maximum absolute atomic E-state index is 12.2. The Labute approximate surface area is 160 Å². The Morgan fingerprint density at radius 1 is 1.00 bits per heavy atom. The van der Waals surface area contributed by atoms with E-state index in [9.17, 15) is 9.90 Å². The molecule has 2 heterocycles. The number of ether oxygens (including phenoxy) is 3. The van der Waals surface area contributed by atoms with E-state index in [1.54, 1.807) is 18.2 Å². The predicted molar refractivity (Wildman–Crippen MR) is 105 cm³/mol. The van der Waals surface area contributed by atoms with Crippen molar-refractivity contribution in [2.24, 2.45) is 0 Å². The van der Waals surface area contributed by atoms with Gasteiger partial charge < -0.3 is 24.3 Å². The van der Waals surface area contributed by atoms with E-state index in [1.165, 1.54) is 21.3 Å². The van der Waals surface area contributed by atoms with E-state index in [1.807, 2.05) is 24.3 Å². The number of nitrogens with one attached hydrogen (secondary N) is 1. The number of carbonyl (C=O) groups excluding carboxylic acids is 1. The van der Waals surface area contributed by atoms with Crippen molar-refractivity contribution in [3.8, 4) is 28.5 Å². The number of fused-ring (bicyclic) bond motifs is 3. The zero-order valence-corrected chi connectivity index (χ0v) is 15.6. The topological polar surface area (TPSA) is 93.7 Å². The second-order valence-corrected chi connectivity index (χ2v) is 6.17. The molecule has 28 heavy (non-hydrogen) atoms. The quantitative estimate of drug-likeness (QED) is 0.523. The van der Waals surface area contributed by atoms with Crippen LogP contribution in [0.3, 0.4) is 0 Å². The monoisotopic (exact) mass is 378 g/mol. The molecular formula is C21H18N2O5. The van der Waals surface area contributed by atoms with Crippen LogP contribution in [0.1, 0.15) is 10.5 Å². The van der Waals surface area contributed by atoms with E-state index in [2.05, 4.69) is 9.97 Å². The normalized spacial score (nSPS) is 11.0. The summed E-state index contributed by atoms with van der Waals surface area (Å²) in [6.45, 7) is 0. The van der Waals surface area contributed by atoms with Gasteiger partial charge in [0, 0.05) is 21.9 Å². The summed E-state index contributed by atoms with van der Waals surface area (Å²) in [4.78, 5) is 20.1. The van der Waals surface area contributed by atoms with Gasteiger partial charge in [-0.25, -0.2) is 9.78 Å². The standard InChI is InChI=1S/C21H18N2O5/c1-26-16-8-11(9-17(27-2)20(16)24)18-19-13(10-15(23-18)21(25)28-3)12-6-4-5-7-14(12)22-19/h4-10,22,24H,1-3H3. The van der Waals surface area contributed by atoms with Crippen molar-refractivity contribution in [1.29, 1.82) is 0 Å². The second kappa shape index (κ2) is 6.77. The number of benzene rings is 2. The van der Waals surface area contributed by atoms with Crippen molar-refractivity contribution < 1.29 is 24.1 Å². The lowest BCUT2D eigenvalue weighted by Gasteiger charge is -2.12. The smallest absolute Gasteiger partial charge is 0.356 e. The summed E-state index contributed by atoms with van der Waals surface area (Å²) >= 11 is 0. The Morgan fingerprint density at radius 2 is 1.68 bits per heavy atom. The van der Waals surface area contributed by atoms with Gasteiger partial charge in [-0.15, -0.1) is 0 Å². The molecule has 0 bridgehead atoms. The highest BCUT2D eigenvalue weighted by atomic mass is 16.5. The first-order chi connectivity index (χ1) is 13.6. The fourth-order valence-corrected chi connectivity index (χ4v) is 3.29. The minimum Gasteiger partial charge on any atom is -0.502 e. The Balaban J connectivity index is 2.09. The summed E-state index contributed by atoms with van der Waals surface area (Å²) in [5.41, 5.74) is 2.99. The molecule has 0 fully saturated rings. The minimum atomic E-state index is -0.536. The molecule has 0 unspecified atom stereocenters. The third-order valence-electron chi connectivity index (χ3n) is 4.64. The minimum absolute atomic E-state index is 0.106. The molecule has 0 atom stereocenters. The fraction of sp³-hybridized carbons (Fsp3) is 0.143. The van der Waals surface area contributed by atoms with Gasteiger partial charge in [0.25, 0.3) is 0 Å². The molecule has 0 aliphatic heterocycles. The van der Waals surface area contributed by atoms with Crippen molar-refractivity contribution in [1.82, 2.24) is 9.97 Å². The van der Waals surface area contributed by atoms with Crippen LogP contribution in [0.5, 0.6) is 17.2 Å². The highest BCUT2D eigenvalue weighted by Gasteiger charge is 2.20. The number of carbonyl (C=O) groups is 1. The average Bonchev–Trinajstić information content (AvgIpc) is 3.11. The molecule has 0 saturated heterocycles. The van der Waals surface area contributed by atoms with Gasteiger partial charge in [-0.3, -0.25) is 0 Å². The van der Waals surface area contributed by atoms with Crippen molar-refractivity contribution >= 4 is 27.8 Å². The van der Waals surface area contributed by atoms with E-state index in [0.717, 1.165) is 21.8 Å². The molecule has 7 heteroatoms. The third kappa shape index (κ3) is 2.68. The maximum atomic E-state index is 12.2. The van der Waals surface area contributed by atoms with Crippen LogP contribution in [0.15, 0.2) is 42.5 Å². The number of nitrogens with zero attached hydrogens (tertiary/aromatic N) is 1. The number of aromatic amines is 1. The second-order valence-electron chi connectivity index (χ2n) is 6.17. The lowest BCUT2D eigenvalue weighted by molar-refractivity contribution is 0.0594. The first kappa shape index (κ1) is 17.7. The number of aromatic nitrogens is 2. The summed E-state index contributed by atoms with van der Waals surface area (Å²) in [7, 11) is 4.22. The molecule has 0 amide bonds. The lowest BCUT2D eigenvalue weighted by Crippen LogP contribution is -2.05. The Hall–Kier alpha value is -3.74. The van der Waals surface area contributed by atoms with Crippen LogP contribution in [0.2, 0.25) is 0 Å². The molecule has 2 aromatic heterocycles. The lowest BCUT2D eigenvalue weighted by atomic mass is 10.1. The van der Waals surface area contributed by atoms with Gasteiger partial charge in [-0.1, -0.05) is 18.2 Å². The molecule has 7 nitrogen and oxygen atoms in total. The number of pyridine rings is 1. The summed E-state index contributed by atoms with van der Waals surface area (Å²) in [6.07, 6.45) is 0. The number of esters is 1. The predicted octanol–water partition coefficient (Wildman–Crippen LogP) is 3.89. The number of phenols is 1. The van der Waals surface area contributed by atoms with E-state index in [-0.39, 0.29) is 22.9 Å². The van der Waals surface area contributed by atoms with Gasteiger partial charge >= 0.3 is 5.97 Å². The summed E-state index contributed by atoms with van der Waals surface area (Å²) in [5, 5.41) is 12.0. The summed E-state index contributed by atoms with van der Waals surface area (Å²) < 4.78 is 15.4. The molecule has 4 aromatic rings. The van der Waals surface area contributed by atoms with E-state index in [0.29, 0.717) is 11.3 Å². The van der Waals surface area contributed by atoms with Gasteiger partial charge in [-0.05, 0) is 24.3 Å². The van der Waals surface area contributed by atoms with E-state index >= 15 is 0 Å². The molecule has 2 N–H and O–H groups in total. The zero-order chi connectivity index (χ0) is 19.8. The highest BCUT2D eigenvalue weighted by Crippen LogP contribution is 2.42. The van der Waals surface area contributed by atoms with Crippen LogP contribution in [0.25, 0.3) is 33.1 Å². The largest absolute Gasteiger partial charge is 0.502 e. The number of rotatable bonds is 4. The van der Waals surface area contributed by atoms with Crippen LogP contribution < -0.4 is 9.47 Å². The number of hydrogen-bond donors (Lipinski definition) is 2. The van der Waals surface area contributed by atoms with Crippen molar-refractivity contribution in [2.45, 2.75) is 0 Å². The first-order valence-corrected chi connectivity index (χ1v) is 8.52. The number of para-hydroxylation sites is 1.